The van der Waals surface area contributed by atoms with Crippen molar-refractivity contribution in [1.29, 1.82) is 0 Å². The smallest absolute Gasteiger partial charge is 0.123 e. The highest BCUT2D eigenvalue weighted by atomic mass is 19.1. The Morgan fingerprint density at radius 2 is 2.11 bits per heavy atom. The normalized spacial score (nSPS) is 12.6. The molecule has 0 amide bonds. The highest BCUT2D eigenvalue weighted by Crippen LogP contribution is 2.10. The Kier molecular flexibility index (Phi) is 4.15. The van der Waals surface area contributed by atoms with E-state index in [0.717, 1.165) is 18.4 Å². The van der Waals surface area contributed by atoms with Crippen molar-refractivity contribution in [2.45, 2.75) is 32.4 Å². The number of halogens is 1. The van der Waals surface area contributed by atoms with Crippen molar-refractivity contribution < 1.29 is 4.39 Å². The summed E-state index contributed by atoms with van der Waals surface area (Å²) in [5, 5.41) is 0. The first-order chi connectivity index (χ1) is 8.67. The van der Waals surface area contributed by atoms with Crippen molar-refractivity contribution >= 4 is 0 Å². The molecule has 0 fully saturated rings. The van der Waals surface area contributed by atoms with Crippen LogP contribution in [0.1, 0.15) is 24.5 Å². The van der Waals surface area contributed by atoms with Crippen molar-refractivity contribution in [2.75, 3.05) is 0 Å². The SMILES string of the molecule is CCC(N)Cc1ccn(Cc2cccc(F)c2)c1. The highest BCUT2D eigenvalue weighted by Gasteiger charge is 2.03. The average Bonchev–Trinajstić information content (AvgIpc) is 2.76. The van der Waals surface area contributed by atoms with Gasteiger partial charge in [0.1, 0.15) is 5.82 Å². The van der Waals surface area contributed by atoms with Crippen molar-refractivity contribution in [3.8, 4) is 0 Å². The van der Waals surface area contributed by atoms with Gasteiger partial charge in [-0.25, -0.2) is 4.39 Å². The number of hydrogen-bond acceptors (Lipinski definition) is 1. The zero-order valence-corrected chi connectivity index (χ0v) is 10.6. The Morgan fingerprint density at radius 1 is 1.28 bits per heavy atom. The molecule has 0 bridgehead atoms. The van der Waals surface area contributed by atoms with Gasteiger partial charge in [-0.1, -0.05) is 19.1 Å². The van der Waals surface area contributed by atoms with Gasteiger partial charge in [-0.3, -0.25) is 0 Å². The third kappa shape index (κ3) is 3.44. The number of hydrogen-bond donors (Lipinski definition) is 1. The third-order valence-corrected chi connectivity index (χ3v) is 3.09. The molecule has 0 aliphatic carbocycles. The highest BCUT2D eigenvalue weighted by molar-refractivity contribution is 5.19. The molecule has 0 spiro atoms. The Hall–Kier alpha value is -1.61. The fraction of sp³-hybridized carbons (Fsp3) is 0.333. The maximum Gasteiger partial charge on any atom is 0.123 e. The van der Waals surface area contributed by atoms with Crippen LogP contribution in [0.5, 0.6) is 0 Å². The van der Waals surface area contributed by atoms with Gasteiger partial charge in [0.05, 0.1) is 0 Å². The van der Waals surface area contributed by atoms with Crippen LogP contribution in [0, 0.1) is 5.82 Å². The zero-order valence-electron chi connectivity index (χ0n) is 10.6. The third-order valence-electron chi connectivity index (χ3n) is 3.09. The molecule has 0 aliphatic heterocycles. The lowest BCUT2D eigenvalue weighted by Gasteiger charge is -2.06. The number of rotatable bonds is 5. The van der Waals surface area contributed by atoms with Crippen LogP contribution < -0.4 is 5.73 Å². The Bertz CT molecular complexity index is 505. The molecule has 0 saturated carbocycles. The van der Waals surface area contributed by atoms with Crippen LogP contribution in [0.25, 0.3) is 0 Å². The van der Waals surface area contributed by atoms with Crippen LogP contribution in [-0.4, -0.2) is 10.6 Å². The van der Waals surface area contributed by atoms with Crippen LogP contribution in [0.3, 0.4) is 0 Å². The monoisotopic (exact) mass is 246 g/mol. The number of nitrogens with two attached hydrogens (primary N) is 1. The molecule has 1 unspecified atom stereocenters. The molecule has 1 aromatic heterocycles. The number of aromatic nitrogens is 1. The Morgan fingerprint density at radius 3 is 2.83 bits per heavy atom. The summed E-state index contributed by atoms with van der Waals surface area (Å²) < 4.78 is 15.1. The summed E-state index contributed by atoms with van der Waals surface area (Å²) in [7, 11) is 0. The van der Waals surface area contributed by atoms with Gasteiger partial charge in [0.25, 0.3) is 0 Å². The van der Waals surface area contributed by atoms with Crippen molar-refractivity contribution in [1.82, 2.24) is 4.57 Å². The first kappa shape index (κ1) is 12.8. The second kappa shape index (κ2) is 5.83. The molecule has 0 aliphatic rings. The van der Waals surface area contributed by atoms with E-state index in [1.54, 1.807) is 12.1 Å². The van der Waals surface area contributed by atoms with E-state index in [0.29, 0.717) is 6.54 Å². The summed E-state index contributed by atoms with van der Waals surface area (Å²) in [4.78, 5) is 0. The fourth-order valence-corrected chi connectivity index (χ4v) is 2.00. The van der Waals surface area contributed by atoms with Crippen LogP contribution in [0.4, 0.5) is 4.39 Å². The molecule has 2 nitrogen and oxygen atoms in total. The summed E-state index contributed by atoms with van der Waals surface area (Å²) in [6.45, 7) is 2.79. The van der Waals surface area contributed by atoms with E-state index in [4.69, 9.17) is 5.73 Å². The molecule has 2 aromatic rings. The van der Waals surface area contributed by atoms with Crippen LogP contribution in [-0.2, 0) is 13.0 Å². The second-order valence-corrected chi connectivity index (χ2v) is 4.69. The fourth-order valence-electron chi connectivity index (χ4n) is 2.00. The molecule has 0 saturated heterocycles. The first-order valence-corrected chi connectivity index (χ1v) is 6.32. The van der Waals surface area contributed by atoms with E-state index in [-0.39, 0.29) is 11.9 Å². The van der Waals surface area contributed by atoms with Gasteiger partial charge in [-0.15, -0.1) is 0 Å². The van der Waals surface area contributed by atoms with E-state index >= 15 is 0 Å². The van der Waals surface area contributed by atoms with Crippen LogP contribution in [0.15, 0.2) is 42.7 Å². The van der Waals surface area contributed by atoms with Gasteiger partial charge in [0, 0.05) is 25.0 Å². The molecule has 18 heavy (non-hydrogen) atoms. The van der Waals surface area contributed by atoms with Gasteiger partial charge < -0.3 is 10.3 Å². The standard InChI is InChI=1S/C15H19FN2/c1-2-15(17)9-13-6-7-18(11-13)10-12-4-3-5-14(16)8-12/h3-8,11,15H,2,9-10,17H2,1H3. The minimum Gasteiger partial charge on any atom is -0.350 e. The largest absolute Gasteiger partial charge is 0.350 e. The summed E-state index contributed by atoms with van der Waals surface area (Å²) in [5.41, 5.74) is 8.13. The molecule has 1 heterocycles. The molecule has 0 radical (unpaired) electrons. The molecule has 2 N–H and O–H groups in total. The van der Waals surface area contributed by atoms with E-state index in [1.807, 2.05) is 12.3 Å². The molecule has 96 valence electrons. The Labute approximate surface area is 107 Å². The van der Waals surface area contributed by atoms with E-state index in [1.165, 1.54) is 11.6 Å². The van der Waals surface area contributed by atoms with Crippen molar-refractivity contribution in [2.24, 2.45) is 5.73 Å². The predicted octanol–water partition coefficient (Wildman–Crippen LogP) is 2.96. The first-order valence-electron chi connectivity index (χ1n) is 6.32. The van der Waals surface area contributed by atoms with E-state index in [2.05, 4.69) is 23.8 Å². The molecule has 2 rings (SSSR count). The minimum atomic E-state index is -0.187. The Balaban J connectivity index is 2.02. The lowest BCUT2D eigenvalue weighted by molar-refractivity contribution is 0.623. The lowest BCUT2D eigenvalue weighted by Crippen LogP contribution is -2.21. The van der Waals surface area contributed by atoms with Gasteiger partial charge in [-0.05, 0) is 42.2 Å². The molecule has 1 aromatic carbocycles. The predicted molar refractivity (Wildman–Crippen MR) is 71.9 cm³/mol. The molecular formula is C15H19FN2. The van der Waals surface area contributed by atoms with Gasteiger partial charge in [-0.2, -0.15) is 0 Å². The van der Waals surface area contributed by atoms with Crippen molar-refractivity contribution in [3.63, 3.8) is 0 Å². The molecule has 3 heteroatoms. The van der Waals surface area contributed by atoms with Crippen LogP contribution >= 0.6 is 0 Å². The minimum absolute atomic E-state index is 0.187. The quantitative estimate of drug-likeness (QED) is 0.864. The van der Waals surface area contributed by atoms with Crippen molar-refractivity contribution in [3.05, 3.63) is 59.7 Å². The maximum atomic E-state index is 13.1. The number of nitrogens with zero attached hydrogens (tertiary/aromatic N) is 1. The van der Waals surface area contributed by atoms with Gasteiger partial charge in [0.15, 0.2) is 0 Å². The molecule has 1 atom stereocenters. The van der Waals surface area contributed by atoms with Crippen LogP contribution in [0.2, 0.25) is 0 Å². The number of benzene rings is 1. The molecular weight excluding hydrogens is 227 g/mol. The summed E-state index contributed by atoms with van der Waals surface area (Å²) in [5.74, 6) is -0.187. The second-order valence-electron chi connectivity index (χ2n) is 4.69. The summed E-state index contributed by atoms with van der Waals surface area (Å²) in [6, 6.07) is 9.00. The van der Waals surface area contributed by atoms with Gasteiger partial charge >= 0.3 is 0 Å². The lowest BCUT2D eigenvalue weighted by atomic mass is 10.1. The summed E-state index contributed by atoms with van der Waals surface area (Å²) >= 11 is 0. The topological polar surface area (TPSA) is 30.9 Å². The maximum absolute atomic E-state index is 13.1. The van der Waals surface area contributed by atoms with E-state index < -0.39 is 0 Å². The average molecular weight is 246 g/mol. The van der Waals surface area contributed by atoms with E-state index in [9.17, 15) is 4.39 Å². The zero-order chi connectivity index (χ0) is 13.0. The van der Waals surface area contributed by atoms with Gasteiger partial charge in [0.2, 0.25) is 0 Å². The summed E-state index contributed by atoms with van der Waals surface area (Å²) in [6.07, 6.45) is 5.98.